The van der Waals surface area contributed by atoms with Gasteiger partial charge < -0.3 is 19.3 Å². The molecule has 0 spiro atoms. The number of hydrogen-bond acceptors (Lipinski definition) is 4. The van der Waals surface area contributed by atoms with Crippen LogP contribution in [0.15, 0.2) is 66.7 Å². The highest BCUT2D eigenvalue weighted by Gasteiger charge is 2.46. The molecule has 1 unspecified atom stereocenters. The van der Waals surface area contributed by atoms with Crippen LogP contribution in [0.2, 0.25) is 5.02 Å². The Hall–Kier alpha value is -2.21. The van der Waals surface area contributed by atoms with Crippen molar-refractivity contribution in [1.82, 2.24) is 0 Å². The van der Waals surface area contributed by atoms with Crippen molar-refractivity contribution in [2.75, 3.05) is 0 Å². The van der Waals surface area contributed by atoms with Crippen LogP contribution < -0.4 is 0 Å². The highest BCUT2D eigenvalue weighted by Crippen LogP contribution is 2.45. The molecule has 1 N–H and O–H groups in total. The predicted octanol–water partition coefficient (Wildman–Crippen LogP) is 6.59. The molecule has 5 atom stereocenters. The van der Waals surface area contributed by atoms with E-state index < -0.39 is 0 Å². The van der Waals surface area contributed by atoms with E-state index in [-0.39, 0.29) is 36.9 Å². The Morgan fingerprint density at radius 2 is 1.47 bits per heavy atom. The molecule has 0 saturated carbocycles. The van der Waals surface area contributed by atoms with Crippen molar-refractivity contribution < 1.29 is 19.3 Å². The molecule has 0 aromatic heterocycles. The van der Waals surface area contributed by atoms with Gasteiger partial charge in [0.15, 0.2) is 0 Å². The highest BCUT2D eigenvalue weighted by atomic mass is 35.5. The smallest absolute Gasteiger partial charge is 0.115 e. The molecule has 1 fully saturated rings. The zero-order valence-corrected chi connectivity index (χ0v) is 21.8. The third kappa shape index (κ3) is 5.11. The first-order chi connectivity index (χ1) is 17.6. The fourth-order valence-electron chi connectivity index (χ4n) is 5.59. The van der Waals surface area contributed by atoms with Gasteiger partial charge in [-0.3, -0.25) is 0 Å². The van der Waals surface area contributed by atoms with Gasteiger partial charge in [0.2, 0.25) is 0 Å². The Morgan fingerprint density at radius 1 is 0.889 bits per heavy atom. The van der Waals surface area contributed by atoms with E-state index in [2.05, 4.69) is 38.1 Å². The van der Waals surface area contributed by atoms with Gasteiger partial charge in [0, 0.05) is 10.9 Å². The minimum atomic E-state index is -0.302. The maximum atomic E-state index is 10.0. The van der Waals surface area contributed by atoms with Crippen molar-refractivity contribution in [3.8, 4) is 0 Å². The monoisotopic (exact) mass is 506 g/mol. The SMILES string of the molecule is CC[C@H]1OC(c2cc(CO)c(Cl)c3c2CC3)[C@H](OCc2ccccc2)[C@@H](OCc2ccccc2)[C@@H]1C. The van der Waals surface area contributed by atoms with E-state index in [4.69, 9.17) is 25.8 Å². The number of hydrogen-bond donors (Lipinski definition) is 1. The van der Waals surface area contributed by atoms with E-state index in [1.54, 1.807) is 0 Å². The minimum Gasteiger partial charge on any atom is -0.392 e. The number of rotatable bonds is 9. The van der Waals surface area contributed by atoms with Crippen LogP contribution in [-0.2, 0) is 46.9 Å². The van der Waals surface area contributed by atoms with Gasteiger partial charge in [-0.05, 0) is 58.7 Å². The van der Waals surface area contributed by atoms with Crippen molar-refractivity contribution in [1.29, 1.82) is 0 Å². The summed E-state index contributed by atoms with van der Waals surface area (Å²) in [5.41, 5.74) is 6.47. The van der Waals surface area contributed by atoms with Crippen LogP contribution in [0.25, 0.3) is 0 Å². The fourth-order valence-corrected chi connectivity index (χ4v) is 5.91. The molecule has 190 valence electrons. The Kier molecular flexibility index (Phi) is 8.09. The number of benzene rings is 3. The molecule has 0 amide bonds. The Balaban J connectivity index is 1.51. The number of halogens is 1. The second-order valence-corrected chi connectivity index (χ2v) is 10.3. The van der Waals surface area contributed by atoms with Gasteiger partial charge in [-0.15, -0.1) is 0 Å². The average molecular weight is 507 g/mol. The molecule has 3 aromatic carbocycles. The number of aliphatic hydroxyl groups is 1. The second kappa shape index (κ2) is 11.5. The quantitative estimate of drug-likeness (QED) is 0.355. The zero-order valence-electron chi connectivity index (χ0n) is 21.0. The lowest BCUT2D eigenvalue weighted by molar-refractivity contribution is -0.235. The lowest BCUT2D eigenvalue weighted by Gasteiger charge is -2.47. The van der Waals surface area contributed by atoms with Crippen LogP contribution in [0.3, 0.4) is 0 Å². The molecule has 0 bridgehead atoms. The van der Waals surface area contributed by atoms with Crippen LogP contribution in [0, 0.1) is 5.92 Å². The Morgan fingerprint density at radius 3 is 2.00 bits per heavy atom. The maximum Gasteiger partial charge on any atom is 0.115 e. The Labute approximate surface area is 219 Å². The van der Waals surface area contributed by atoms with Crippen molar-refractivity contribution in [3.63, 3.8) is 0 Å². The third-order valence-corrected chi connectivity index (χ3v) is 8.18. The molecule has 5 heteroatoms. The standard InChI is InChI=1S/C31H35ClO4/c1-3-27-20(2)29(34-18-21-10-6-4-7-11-21)31(35-19-22-12-8-5-9-13-22)30(36-27)26-16-23(17-33)28(32)25-15-14-24(25)26/h4-13,16,20,27,29-31,33H,3,14-15,17-19H2,1-2H3/t20-,27-,29+,30?,31-/m1/s1. The fraction of sp³-hybridized carbons (Fsp3) is 0.419. The molecule has 1 heterocycles. The summed E-state index contributed by atoms with van der Waals surface area (Å²) in [5, 5.41) is 10.7. The summed E-state index contributed by atoms with van der Waals surface area (Å²) < 4.78 is 20.1. The molecule has 36 heavy (non-hydrogen) atoms. The minimum absolute atomic E-state index is 0.0383. The molecule has 5 rings (SSSR count). The van der Waals surface area contributed by atoms with Crippen molar-refractivity contribution in [2.45, 2.75) is 77.3 Å². The summed E-state index contributed by atoms with van der Waals surface area (Å²) in [7, 11) is 0. The molecule has 1 aliphatic carbocycles. The van der Waals surface area contributed by atoms with Crippen LogP contribution in [-0.4, -0.2) is 23.4 Å². The van der Waals surface area contributed by atoms with E-state index in [1.807, 2.05) is 42.5 Å². The van der Waals surface area contributed by atoms with Crippen LogP contribution >= 0.6 is 11.6 Å². The van der Waals surface area contributed by atoms with Gasteiger partial charge in [-0.1, -0.05) is 86.1 Å². The molecule has 2 aliphatic rings. The summed E-state index contributed by atoms with van der Waals surface area (Å²) in [5.74, 6) is 0.159. The van der Waals surface area contributed by atoms with Gasteiger partial charge >= 0.3 is 0 Å². The van der Waals surface area contributed by atoms with Gasteiger partial charge in [-0.2, -0.15) is 0 Å². The van der Waals surface area contributed by atoms with Crippen molar-refractivity contribution in [2.24, 2.45) is 5.92 Å². The molecule has 3 aromatic rings. The topological polar surface area (TPSA) is 47.9 Å². The van der Waals surface area contributed by atoms with Crippen molar-refractivity contribution >= 4 is 11.6 Å². The first-order valence-corrected chi connectivity index (χ1v) is 13.4. The molecule has 4 nitrogen and oxygen atoms in total. The van der Waals surface area contributed by atoms with Gasteiger partial charge in [0.05, 0.1) is 32.0 Å². The van der Waals surface area contributed by atoms with Gasteiger partial charge in [-0.25, -0.2) is 0 Å². The highest BCUT2D eigenvalue weighted by molar-refractivity contribution is 6.32. The first-order valence-electron chi connectivity index (χ1n) is 13.0. The normalized spacial score (nSPS) is 25.3. The lowest BCUT2D eigenvalue weighted by Crippen LogP contribution is -2.52. The van der Waals surface area contributed by atoms with Crippen molar-refractivity contribution in [3.05, 3.63) is 105 Å². The van der Waals surface area contributed by atoms with E-state index in [9.17, 15) is 5.11 Å². The van der Waals surface area contributed by atoms with Gasteiger partial charge in [0.1, 0.15) is 12.2 Å². The van der Waals surface area contributed by atoms with Gasteiger partial charge in [0.25, 0.3) is 0 Å². The second-order valence-electron chi connectivity index (χ2n) is 9.94. The van der Waals surface area contributed by atoms with E-state index in [0.717, 1.165) is 47.1 Å². The van der Waals surface area contributed by atoms with Crippen LogP contribution in [0.1, 0.15) is 59.8 Å². The molecule has 1 saturated heterocycles. The van der Waals surface area contributed by atoms with E-state index >= 15 is 0 Å². The number of fused-ring (bicyclic) bond motifs is 1. The molecule has 0 radical (unpaired) electrons. The summed E-state index contributed by atoms with van der Waals surface area (Å²) in [6, 6.07) is 22.5. The zero-order chi connectivity index (χ0) is 25.1. The summed E-state index contributed by atoms with van der Waals surface area (Å²) >= 11 is 6.61. The van der Waals surface area contributed by atoms with Crippen LogP contribution in [0.4, 0.5) is 0 Å². The number of aliphatic hydroxyl groups excluding tert-OH is 1. The third-order valence-electron chi connectivity index (χ3n) is 7.71. The van der Waals surface area contributed by atoms with E-state index in [1.165, 1.54) is 5.56 Å². The lowest BCUT2D eigenvalue weighted by atomic mass is 9.77. The average Bonchev–Trinajstić information content (AvgIpc) is 2.89. The maximum absolute atomic E-state index is 10.0. The molecule has 1 aliphatic heterocycles. The molecular weight excluding hydrogens is 472 g/mol. The predicted molar refractivity (Wildman–Crippen MR) is 142 cm³/mol. The summed E-state index contributed by atoms with van der Waals surface area (Å²) in [6.45, 7) is 5.27. The largest absolute Gasteiger partial charge is 0.392 e. The Bertz CT molecular complexity index is 1150. The van der Waals surface area contributed by atoms with E-state index in [0.29, 0.717) is 18.2 Å². The summed E-state index contributed by atoms with van der Waals surface area (Å²) in [6.07, 6.45) is 2.06. The summed E-state index contributed by atoms with van der Waals surface area (Å²) in [4.78, 5) is 0. The molecular formula is C31H35ClO4. The number of ether oxygens (including phenoxy) is 3. The first kappa shape index (κ1) is 25.4. The van der Waals surface area contributed by atoms with Crippen LogP contribution in [0.5, 0.6) is 0 Å².